The van der Waals surface area contributed by atoms with E-state index in [1.807, 2.05) is 0 Å². The Kier molecular flexibility index (Phi) is 5.84. The zero-order chi connectivity index (χ0) is 20.1. The summed E-state index contributed by atoms with van der Waals surface area (Å²) in [4.78, 5) is 23.6. The third-order valence-corrected chi connectivity index (χ3v) is 4.29. The van der Waals surface area contributed by atoms with Crippen LogP contribution < -0.4 is 24.3 Å². The third-order valence-electron chi connectivity index (χ3n) is 4.29. The van der Waals surface area contributed by atoms with Crippen LogP contribution in [0.2, 0.25) is 0 Å². The van der Waals surface area contributed by atoms with Crippen molar-refractivity contribution in [2.45, 2.75) is 12.8 Å². The molecule has 0 saturated heterocycles. The van der Waals surface area contributed by atoms with Crippen molar-refractivity contribution in [3.63, 3.8) is 0 Å². The molecule has 146 valence electrons. The highest BCUT2D eigenvalue weighted by Gasteiger charge is 2.16. The highest BCUT2D eigenvalue weighted by molar-refractivity contribution is 5.94. The lowest BCUT2D eigenvalue weighted by Crippen LogP contribution is -2.19. The molecule has 3 rings (SSSR count). The van der Waals surface area contributed by atoms with E-state index >= 15 is 0 Å². The molecule has 1 aliphatic heterocycles. The fraction of sp³-hybridized carbons (Fsp3) is 0.238. The van der Waals surface area contributed by atoms with Crippen LogP contribution >= 0.6 is 0 Å². The molecule has 0 atom stereocenters. The smallest absolute Gasteiger partial charge is 0.336 e. The van der Waals surface area contributed by atoms with Crippen LogP contribution in [0.1, 0.15) is 17.5 Å². The molecule has 0 bridgehead atoms. The number of benzene rings is 2. The number of anilines is 1. The summed E-state index contributed by atoms with van der Waals surface area (Å²) >= 11 is 0. The summed E-state index contributed by atoms with van der Waals surface area (Å²) in [5, 5.41) is 2.79. The average molecular weight is 383 g/mol. The second-order valence-electron chi connectivity index (χ2n) is 6.08. The van der Waals surface area contributed by atoms with E-state index < -0.39 is 5.97 Å². The van der Waals surface area contributed by atoms with Gasteiger partial charge in [-0.05, 0) is 54.0 Å². The fourth-order valence-corrected chi connectivity index (χ4v) is 2.94. The van der Waals surface area contributed by atoms with E-state index in [1.165, 1.54) is 27.4 Å². The van der Waals surface area contributed by atoms with Gasteiger partial charge in [0.25, 0.3) is 0 Å². The molecule has 28 heavy (non-hydrogen) atoms. The molecule has 0 aromatic heterocycles. The maximum Gasteiger partial charge on any atom is 0.336 e. The van der Waals surface area contributed by atoms with E-state index in [0.717, 1.165) is 11.3 Å². The number of aryl methyl sites for hydroxylation is 1. The Morgan fingerprint density at radius 2 is 1.71 bits per heavy atom. The van der Waals surface area contributed by atoms with Gasteiger partial charge in [0.05, 0.1) is 21.3 Å². The van der Waals surface area contributed by atoms with Crippen LogP contribution in [0.4, 0.5) is 5.69 Å². The number of amides is 1. The first kappa shape index (κ1) is 19.3. The predicted molar refractivity (Wildman–Crippen MR) is 104 cm³/mol. The van der Waals surface area contributed by atoms with Crippen LogP contribution in [0, 0.1) is 0 Å². The number of rotatable bonds is 6. The zero-order valence-electron chi connectivity index (χ0n) is 15.9. The number of methoxy groups -OCH3 is 3. The summed E-state index contributed by atoms with van der Waals surface area (Å²) < 4.78 is 21.2. The van der Waals surface area contributed by atoms with Crippen molar-refractivity contribution >= 4 is 23.6 Å². The van der Waals surface area contributed by atoms with Crippen LogP contribution in [0.25, 0.3) is 6.08 Å². The number of carbonyl (C=O) groups is 2. The maximum atomic E-state index is 12.2. The summed E-state index contributed by atoms with van der Waals surface area (Å²) in [6.07, 6.45) is 3.96. The topological polar surface area (TPSA) is 83.1 Å². The molecule has 2 aromatic carbocycles. The lowest BCUT2D eigenvalue weighted by molar-refractivity contribution is -0.129. The number of hydrogen-bond donors (Lipinski definition) is 1. The summed E-state index contributed by atoms with van der Waals surface area (Å²) in [5.74, 6) is 1.36. The summed E-state index contributed by atoms with van der Waals surface area (Å²) in [7, 11) is 4.58. The molecule has 0 spiro atoms. The molecule has 0 aliphatic carbocycles. The Hall–Kier alpha value is -3.48. The largest absolute Gasteiger partial charge is 0.493 e. The monoisotopic (exact) mass is 383 g/mol. The minimum absolute atomic E-state index is 0.00877. The van der Waals surface area contributed by atoms with Gasteiger partial charge in [-0.1, -0.05) is 0 Å². The highest BCUT2D eigenvalue weighted by atomic mass is 16.5. The lowest BCUT2D eigenvalue weighted by Gasteiger charge is -2.17. The van der Waals surface area contributed by atoms with Gasteiger partial charge in [0.2, 0.25) is 11.7 Å². The summed E-state index contributed by atoms with van der Waals surface area (Å²) in [6, 6.07) is 8.60. The van der Waals surface area contributed by atoms with Gasteiger partial charge in [0.15, 0.2) is 11.5 Å². The number of esters is 1. The van der Waals surface area contributed by atoms with Crippen LogP contribution in [0.15, 0.2) is 36.4 Å². The Bertz CT molecular complexity index is 909. The van der Waals surface area contributed by atoms with Crippen molar-refractivity contribution in [3.05, 3.63) is 47.5 Å². The minimum atomic E-state index is -0.520. The Morgan fingerprint density at radius 3 is 2.36 bits per heavy atom. The molecule has 2 aromatic rings. The molecule has 7 heteroatoms. The van der Waals surface area contributed by atoms with Crippen LogP contribution in [0.5, 0.6) is 23.0 Å². The van der Waals surface area contributed by atoms with E-state index in [4.69, 9.17) is 18.9 Å². The van der Waals surface area contributed by atoms with E-state index in [2.05, 4.69) is 5.32 Å². The van der Waals surface area contributed by atoms with Crippen molar-refractivity contribution in [3.8, 4) is 23.0 Å². The highest BCUT2D eigenvalue weighted by Crippen LogP contribution is 2.38. The molecule has 0 saturated carbocycles. The molecular weight excluding hydrogens is 362 g/mol. The Balaban J connectivity index is 1.73. The third kappa shape index (κ3) is 4.25. The number of carbonyl (C=O) groups excluding carboxylic acids is 2. The SMILES string of the molecule is COc1cc(/C=C/C(=O)Oc2ccc3c(c2)CCC(=O)N3)cc(OC)c1OC. The van der Waals surface area contributed by atoms with Crippen LogP contribution in [0.3, 0.4) is 0 Å². The number of nitrogens with one attached hydrogen (secondary N) is 1. The van der Waals surface area contributed by atoms with Crippen molar-refractivity contribution in [1.82, 2.24) is 0 Å². The summed E-state index contributed by atoms with van der Waals surface area (Å²) in [6.45, 7) is 0. The first-order valence-corrected chi connectivity index (χ1v) is 8.66. The van der Waals surface area contributed by atoms with Gasteiger partial charge in [-0.25, -0.2) is 4.79 Å². The average Bonchev–Trinajstić information content (AvgIpc) is 2.71. The number of fused-ring (bicyclic) bond motifs is 1. The van der Waals surface area contributed by atoms with Gasteiger partial charge in [-0.15, -0.1) is 0 Å². The molecule has 1 heterocycles. The number of ether oxygens (including phenoxy) is 4. The lowest BCUT2D eigenvalue weighted by atomic mass is 10.0. The second kappa shape index (κ2) is 8.47. The molecule has 7 nitrogen and oxygen atoms in total. The normalized spacial score (nSPS) is 12.9. The van der Waals surface area contributed by atoms with Gasteiger partial charge >= 0.3 is 5.97 Å². The van der Waals surface area contributed by atoms with Crippen LogP contribution in [-0.2, 0) is 16.0 Å². The molecule has 1 N–H and O–H groups in total. The van der Waals surface area contributed by atoms with Gasteiger partial charge in [0, 0.05) is 18.2 Å². The molecule has 1 amide bonds. The minimum Gasteiger partial charge on any atom is -0.493 e. The maximum absolute atomic E-state index is 12.2. The Morgan fingerprint density at radius 1 is 1.00 bits per heavy atom. The van der Waals surface area contributed by atoms with E-state index in [0.29, 0.717) is 41.4 Å². The first-order chi connectivity index (χ1) is 13.5. The molecule has 0 unspecified atom stereocenters. The quantitative estimate of drug-likeness (QED) is 0.469. The van der Waals surface area contributed by atoms with Gasteiger partial charge in [-0.3, -0.25) is 4.79 Å². The first-order valence-electron chi connectivity index (χ1n) is 8.66. The standard InChI is InChI=1S/C21H21NO6/c1-25-17-10-13(11-18(26-2)21(17)27-3)4-9-20(24)28-15-6-7-16-14(12-15)5-8-19(23)22-16/h4,6-7,9-12H,5,8H2,1-3H3,(H,22,23)/b9-4+. The van der Waals surface area contributed by atoms with Crippen molar-refractivity contribution in [1.29, 1.82) is 0 Å². The molecule has 1 aliphatic rings. The van der Waals surface area contributed by atoms with Crippen molar-refractivity contribution in [2.24, 2.45) is 0 Å². The van der Waals surface area contributed by atoms with Gasteiger partial charge in [-0.2, -0.15) is 0 Å². The molecule has 0 fully saturated rings. The van der Waals surface area contributed by atoms with Crippen molar-refractivity contribution < 1.29 is 28.5 Å². The molecular formula is C21H21NO6. The van der Waals surface area contributed by atoms with E-state index in [1.54, 1.807) is 36.4 Å². The predicted octanol–water partition coefficient (Wildman–Crippen LogP) is 3.22. The van der Waals surface area contributed by atoms with E-state index in [9.17, 15) is 9.59 Å². The van der Waals surface area contributed by atoms with Crippen molar-refractivity contribution in [2.75, 3.05) is 26.6 Å². The number of hydrogen-bond acceptors (Lipinski definition) is 6. The second-order valence-corrected chi connectivity index (χ2v) is 6.08. The molecule has 0 radical (unpaired) electrons. The van der Waals surface area contributed by atoms with Gasteiger partial charge < -0.3 is 24.3 Å². The van der Waals surface area contributed by atoms with Crippen LogP contribution in [-0.4, -0.2) is 33.2 Å². The van der Waals surface area contributed by atoms with E-state index in [-0.39, 0.29) is 5.91 Å². The van der Waals surface area contributed by atoms with Gasteiger partial charge in [0.1, 0.15) is 5.75 Å². The zero-order valence-corrected chi connectivity index (χ0v) is 15.9. The summed E-state index contributed by atoms with van der Waals surface area (Å²) in [5.41, 5.74) is 2.39. The fourth-order valence-electron chi connectivity index (χ4n) is 2.94. The Labute approximate surface area is 162 Å².